The van der Waals surface area contributed by atoms with Crippen molar-refractivity contribution in [3.63, 3.8) is 0 Å². The first-order valence-corrected chi connectivity index (χ1v) is 12.5. The molecule has 2 amide bonds. The molecule has 35 heavy (non-hydrogen) atoms. The lowest BCUT2D eigenvalue weighted by atomic mass is 10.0. The first-order chi connectivity index (χ1) is 16.9. The molecule has 1 aliphatic heterocycles. The van der Waals surface area contributed by atoms with Crippen molar-refractivity contribution in [1.29, 1.82) is 0 Å². The smallest absolute Gasteiger partial charge is 0.257 e. The fourth-order valence-electron chi connectivity index (χ4n) is 4.30. The van der Waals surface area contributed by atoms with Crippen molar-refractivity contribution >= 4 is 35.0 Å². The second-order valence-electron chi connectivity index (χ2n) is 8.74. The number of rotatable bonds is 3. The number of fused-ring (bicyclic) bond motifs is 1. The van der Waals surface area contributed by atoms with Crippen molar-refractivity contribution in [3.05, 3.63) is 99.5 Å². The molecule has 3 aromatic rings. The maximum atomic E-state index is 13.7. The Kier molecular flexibility index (Phi) is 8.32. The van der Waals surface area contributed by atoms with Crippen molar-refractivity contribution in [2.75, 3.05) is 26.7 Å². The minimum Gasteiger partial charge on any atom is -0.491 e. The molecule has 1 atom stereocenters. The van der Waals surface area contributed by atoms with E-state index in [0.717, 1.165) is 18.4 Å². The van der Waals surface area contributed by atoms with Gasteiger partial charge < -0.3 is 14.5 Å². The molecule has 0 aliphatic carbocycles. The number of halogens is 2. The summed E-state index contributed by atoms with van der Waals surface area (Å²) < 4.78 is 6.23. The highest BCUT2D eigenvalue weighted by molar-refractivity contribution is 6.31. The average molecular weight is 511 g/mol. The summed E-state index contributed by atoms with van der Waals surface area (Å²) in [4.78, 5) is 30.3. The normalized spacial score (nSPS) is 17.1. The molecule has 0 bridgehead atoms. The Labute approximate surface area is 216 Å². The SMILES string of the molecule is CN1CCCCN(C(=O)c2cccc(Cl)c2)[C@H](Cc2ccccc2)COc2ccc(Cl)cc2C1=O. The van der Waals surface area contributed by atoms with E-state index in [0.29, 0.717) is 46.4 Å². The van der Waals surface area contributed by atoms with Gasteiger partial charge >= 0.3 is 0 Å². The lowest BCUT2D eigenvalue weighted by molar-refractivity contribution is 0.0590. The molecule has 0 radical (unpaired) electrons. The van der Waals surface area contributed by atoms with E-state index in [9.17, 15) is 9.59 Å². The topological polar surface area (TPSA) is 49.9 Å². The fourth-order valence-corrected chi connectivity index (χ4v) is 4.66. The molecule has 0 saturated carbocycles. The summed E-state index contributed by atoms with van der Waals surface area (Å²) in [6, 6.07) is 21.9. The predicted molar refractivity (Wildman–Crippen MR) is 140 cm³/mol. The van der Waals surface area contributed by atoms with E-state index in [4.69, 9.17) is 27.9 Å². The van der Waals surface area contributed by atoms with Crippen LogP contribution in [0.15, 0.2) is 72.8 Å². The lowest BCUT2D eigenvalue weighted by Crippen LogP contribution is -2.46. The number of hydrogen-bond acceptors (Lipinski definition) is 3. The van der Waals surface area contributed by atoms with Gasteiger partial charge in [-0.1, -0.05) is 59.6 Å². The van der Waals surface area contributed by atoms with Crippen molar-refractivity contribution in [1.82, 2.24) is 9.80 Å². The zero-order valence-corrected chi connectivity index (χ0v) is 21.1. The molecule has 0 fully saturated rings. The van der Waals surface area contributed by atoms with Gasteiger partial charge in [-0.2, -0.15) is 0 Å². The Bertz CT molecular complexity index is 1190. The van der Waals surface area contributed by atoms with Gasteiger partial charge in [-0.15, -0.1) is 0 Å². The number of amides is 2. The van der Waals surface area contributed by atoms with Crippen molar-refractivity contribution < 1.29 is 14.3 Å². The molecule has 4 rings (SSSR count). The highest BCUT2D eigenvalue weighted by Gasteiger charge is 2.28. The molecule has 5 nitrogen and oxygen atoms in total. The molecule has 1 aliphatic rings. The number of hydrogen-bond donors (Lipinski definition) is 0. The van der Waals surface area contributed by atoms with E-state index in [2.05, 4.69) is 0 Å². The molecule has 1 heterocycles. The van der Waals surface area contributed by atoms with E-state index in [1.54, 1.807) is 54.4 Å². The summed E-state index contributed by atoms with van der Waals surface area (Å²) in [5, 5.41) is 0.992. The number of nitrogens with zero attached hydrogens (tertiary/aromatic N) is 2. The highest BCUT2D eigenvalue weighted by Crippen LogP contribution is 2.26. The summed E-state index contributed by atoms with van der Waals surface area (Å²) in [6.07, 6.45) is 2.12. The van der Waals surface area contributed by atoms with Crippen LogP contribution in [0.25, 0.3) is 0 Å². The van der Waals surface area contributed by atoms with Crippen LogP contribution in [0.1, 0.15) is 39.1 Å². The van der Waals surface area contributed by atoms with E-state index < -0.39 is 0 Å². The quantitative estimate of drug-likeness (QED) is 0.434. The zero-order valence-electron chi connectivity index (χ0n) is 19.6. The van der Waals surface area contributed by atoms with E-state index in [1.807, 2.05) is 35.2 Å². The summed E-state index contributed by atoms with van der Waals surface area (Å²) >= 11 is 12.4. The van der Waals surface area contributed by atoms with Gasteiger partial charge in [-0.25, -0.2) is 0 Å². The second-order valence-corrected chi connectivity index (χ2v) is 9.61. The maximum absolute atomic E-state index is 13.7. The largest absolute Gasteiger partial charge is 0.491 e. The van der Waals surface area contributed by atoms with Crippen LogP contribution in [-0.4, -0.2) is 54.4 Å². The van der Waals surface area contributed by atoms with Crippen LogP contribution in [0.2, 0.25) is 10.0 Å². The van der Waals surface area contributed by atoms with E-state index in [1.165, 1.54) is 0 Å². The minimum atomic E-state index is -0.250. The van der Waals surface area contributed by atoms with Gasteiger partial charge in [-0.3, -0.25) is 9.59 Å². The fraction of sp³-hybridized carbons (Fsp3) is 0.286. The molecule has 182 valence electrons. The molecule has 0 unspecified atom stereocenters. The zero-order chi connectivity index (χ0) is 24.8. The molecular weight excluding hydrogens is 483 g/mol. The number of ether oxygens (including phenoxy) is 1. The summed E-state index contributed by atoms with van der Waals surface area (Å²) in [6.45, 7) is 1.34. The van der Waals surface area contributed by atoms with Crippen LogP contribution < -0.4 is 4.74 Å². The lowest BCUT2D eigenvalue weighted by Gasteiger charge is -2.33. The Hall–Kier alpha value is -3.02. The standard InChI is InChI=1S/C28H28Cl2N2O3/c1-31-14-5-6-15-32(27(33)21-10-7-11-22(29)17-21)24(16-20-8-3-2-4-9-20)19-35-26-13-12-23(30)18-25(26)28(31)34/h2-4,7-13,17-18,24H,5-6,14-16,19H2,1H3/t24-/m1/s1. The van der Waals surface area contributed by atoms with Gasteiger partial charge in [0.05, 0.1) is 11.6 Å². The second kappa shape index (κ2) is 11.6. The predicted octanol–water partition coefficient (Wildman–Crippen LogP) is 5.99. The Morgan fingerprint density at radius 1 is 0.943 bits per heavy atom. The third-order valence-corrected chi connectivity index (χ3v) is 6.65. The Morgan fingerprint density at radius 3 is 2.46 bits per heavy atom. The van der Waals surface area contributed by atoms with Gasteiger partial charge in [0.1, 0.15) is 12.4 Å². The monoisotopic (exact) mass is 510 g/mol. The highest BCUT2D eigenvalue weighted by atomic mass is 35.5. The maximum Gasteiger partial charge on any atom is 0.257 e. The van der Waals surface area contributed by atoms with Crippen LogP contribution in [0.3, 0.4) is 0 Å². The number of benzene rings is 3. The van der Waals surface area contributed by atoms with Gasteiger partial charge in [-0.05, 0) is 61.2 Å². The molecule has 0 spiro atoms. The van der Waals surface area contributed by atoms with Crippen LogP contribution in [0.5, 0.6) is 5.75 Å². The van der Waals surface area contributed by atoms with Crippen LogP contribution >= 0.6 is 23.2 Å². The van der Waals surface area contributed by atoms with Gasteiger partial charge in [0.15, 0.2) is 0 Å². The van der Waals surface area contributed by atoms with Gasteiger partial charge in [0, 0.05) is 35.7 Å². The molecule has 0 aromatic heterocycles. The van der Waals surface area contributed by atoms with Crippen LogP contribution in [0.4, 0.5) is 0 Å². The Balaban J connectivity index is 1.71. The van der Waals surface area contributed by atoms with Gasteiger partial charge in [0.2, 0.25) is 0 Å². The Morgan fingerprint density at radius 2 is 1.69 bits per heavy atom. The van der Waals surface area contributed by atoms with E-state index in [-0.39, 0.29) is 24.5 Å². The third kappa shape index (κ3) is 6.36. The summed E-state index contributed by atoms with van der Waals surface area (Å²) in [7, 11) is 1.77. The van der Waals surface area contributed by atoms with Crippen molar-refractivity contribution in [2.45, 2.75) is 25.3 Å². The molecule has 7 heteroatoms. The molecule has 0 N–H and O–H groups in total. The molecule has 3 aromatic carbocycles. The van der Waals surface area contributed by atoms with Gasteiger partial charge in [0.25, 0.3) is 11.8 Å². The number of carbonyl (C=O) groups excluding carboxylic acids is 2. The van der Waals surface area contributed by atoms with Crippen molar-refractivity contribution in [2.24, 2.45) is 0 Å². The van der Waals surface area contributed by atoms with E-state index >= 15 is 0 Å². The van der Waals surface area contributed by atoms with Crippen molar-refractivity contribution in [3.8, 4) is 5.75 Å². The summed E-state index contributed by atoms with van der Waals surface area (Å²) in [5.74, 6) is 0.240. The minimum absolute atomic E-state index is 0.0881. The molecular formula is C28H28Cl2N2O3. The summed E-state index contributed by atoms with van der Waals surface area (Å²) in [5.41, 5.74) is 2.07. The first-order valence-electron chi connectivity index (χ1n) is 11.7. The average Bonchev–Trinajstić information content (AvgIpc) is 2.86. The molecule has 0 saturated heterocycles. The van der Waals surface area contributed by atoms with Crippen LogP contribution in [0, 0.1) is 0 Å². The first kappa shape index (κ1) is 25.1. The third-order valence-electron chi connectivity index (χ3n) is 6.18. The number of carbonyl (C=O) groups is 2. The van der Waals surface area contributed by atoms with Crippen LogP contribution in [-0.2, 0) is 6.42 Å².